The van der Waals surface area contributed by atoms with Crippen molar-refractivity contribution in [3.63, 3.8) is 0 Å². The predicted octanol–water partition coefficient (Wildman–Crippen LogP) is 37.9. The van der Waals surface area contributed by atoms with Crippen LogP contribution in [0.25, 0.3) is 276 Å². The van der Waals surface area contributed by atoms with Crippen LogP contribution in [0.1, 0.15) is 0 Å². The lowest BCUT2D eigenvalue weighted by molar-refractivity contribution is 0.669. The predicted molar refractivity (Wildman–Crippen MR) is 605 cm³/mol. The van der Waals surface area contributed by atoms with Crippen LogP contribution < -0.4 is 0 Å². The van der Waals surface area contributed by atoms with Gasteiger partial charge in [-0.05, 0) is 275 Å². The standard InChI is InChI=1S/C72H46N2O.C66H42N2O/c1-6-16-47(17-7-1)51-26-28-52(29-27-51)60-45-59(46-66-65-44-55(50-22-12-4-13-23-50)34-39-71(65)75-72(60)66)74-69-36-31-54(49-20-10-3-11-21-49)41-62(69)64-43-57(33-38-70(64)74)56-32-37-68-63(42-56)61-40-53(48-18-8-2-9-19-48)30-35-67(61)73(68)58-24-14-5-15-25-58;1-5-15-43(16-6-1)46-25-27-47(28-26-46)55-41-53(42-60-59-40-49(45-19-9-3-10-20-45)32-36-65(59)69-66(55)60)68-61-24-14-13-23-54(61)56-38-50(30-34-62(56)68)51-31-35-64-58(39-51)57-37-48(44-17-7-2-8-18-44)29-33-63(57)67(64)52-21-11-4-12-22-52/h1-46H;1-42H. The zero-order chi connectivity index (χ0) is 94.8. The van der Waals surface area contributed by atoms with E-state index in [4.69, 9.17) is 8.83 Å². The minimum absolute atomic E-state index is 0.864. The molecule has 144 heavy (non-hydrogen) atoms. The van der Waals surface area contributed by atoms with Crippen molar-refractivity contribution in [2.75, 3.05) is 0 Å². The van der Waals surface area contributed by atoms with Crippen LogP contribution in [-0.2, 0) is 0 Å². The van der Waals surface area contributed by atoms with Gasteiger partial charge in [0.05, 0.1) is 44.1 Å². The van der Waals surface area contributed by atoms with E-state index in [9.17, 15) is 0 Å². The molecule has 0 unspecified atom stereocenters. The molecule has 0 spiro atoms. The largest absolute Gasteiger partial charge is 0.455 e. The molecule has 6 aromatic heterocycles. The number of para-hydroxylation sites is 3. The van der Waals surface area contributed by atoms with Crippen LogP contribution >= 0.6 is 0 Å². The van der Waals surface area contributed by atoms with Crippen molar-refractivity contribution in [1.82, 2.24) is 18.3 Å². The number of furan rings is 2. The van der Waals surface area contributed by atoms with Crippen molar-refractivity contribution in [3.05, 3.63) is 534 Å². The fourth-order valence-corrected chi connectivity index (χ4v) is 22.4. The molecule has 672 valence electrons. The number of nitrogens with zero attached hydrogens (tertiary/aromatic N) is 4. The number of fused-ring (bicyclic) bond motifs is 18. The SMILES string of the molecule is c1ccc(-c2ccc(-c3cc(-n4c5ccc(-c6ccccc6)cc5c5cc(-c6ccc7c(c6)c6cc(-c8ccccc8)ccc6n7-c6ccccc6)ccc54)cc4c3oc3ccc(-c5ccccc5)cc34)cc2)cc1.c1ccc(-c2ccc(-c3cc(-n4c5ccccc5c5cc(-c6ccc7c(c6)c6cc(-c8ccccc8)ccc6n7-c6ccccc6)ccc54)cc4c3oc3ccc(-c5ccccc5)cc34)cc2)cc1. The first-order chi connectivity index (χ1) is 71.4. The van der Waals surface area contributed by atoms with Gasteiger partial charge in [-0.15, -0.1) is 0 Å². The molecule has 0 N–H and O–H groups in total. The van der Waals surface area contributed by atoms with Gasteiger partial charge in [-0.25, -0.2) is 0 Å². The zero-order valence-electron chi connectivity index (χ0n) is 78.4. The normalized spacial score (nSPS) is 11.8. The number of rotatable bonds is 15. The van der Waals surface area contributed by atoms with Crippen LogP contribution in [0.5, 0.6) is 0 Å². The van der Waals surface area contributed by atoms with Gasteiger partial charge in [0.1, 0.15) is 22.3 Å². The van der Waals surface area contributed by atoms with E-state index in [1.54, 1.807) is 0 Å². The monoisotopic (exact) mass is 1830 g/mol. The first-order valence-electron chi connectivity index (χ1n) is 49.4. The molecule has 6 nitrogen and oxygen atoms in total. The van der Waals surface area contributed by atoms with E-state index in [1.807, 2.05) is 0 Å². The highest BCUT2D eigenvalue weighted by Crippen LogP contribution is 2.49. The van der Waals surface area contributed by atoms with Crippen LogP contribution in [0.3, 0.4) is 0 Å². The topological polar surface area (TPSA) is 46.0 Å². The van der Waals surface area contributed by atoms with E-state index in [-0.39, 0.29) is 0 Å². The van der Waals surface area contributed by atoms with E-state index in [2.05, 4.69) is 552 Å². The molecule has 6 heterocycles. The minimum Gasteiger partial charge on any atom is -0.455 e. The summed E-state index contributed by atoms with van der Waals surface area (Å²) in [6.45, 7) is 0. The molecule has 0 saturated heterocycles. The van der Waals surface area contributed by atoms with Crippen LogP contribution in [-0.4, -0.2) is 18.3 Å². The molecular weight excluding hydrogens is 1750 g/mol. The van der Waals surface area contributed by atoms with Crippen molar-refractivity contribution >= 4 is 131 Å². The van der Waals surface area contributed by atoms with Gasteiger partial charge in [0, 0.05) is 98.5 Å². The summed E-state index contributed by atoms with van der Waals surface area (Å²) in [7, 11) is 0. The Morgan fingerprint density at radius 3 is 0.576 bits per heavy atom. The Kier molecular flexibility index (Phi) is 19.9. The summed E-state index contributed by atoms with van der Waals surface area (Å²) in [6, 6.07) is 194. The number of aromatic nitrogens is 4. The second-order valence-electron chi connectivity index (χ2n) is 37.7. The molecule has 29 rings (SSSR count). The summed E-state index contributed by atoms with van der Waals surface area (Å²) in [6.07, 6.45) is 0. The highest BCUT2D eigenvalue weighted by molar-refractivity contribution is 6.19. The van der Waals surface area contributed by atoms with Gasteiger partial charge in [0.2, 0.25) is 0 Å². The molecule has 0 bridgehead atoms. The Morgan fingerprint density at radius 2 is 0.299 bits per heavy atom. The Bertz CT molecular complexity index is 10100. The van der Waals surface area contributed by atoms with Crippen LogP contribution in [0.15, 0.2) is 543 Å². The Morgan fingerprint density at radius 1 is 0.111 bits per heavy atom. The molecule has 0 aliphatic heterocycles. The maximum atomic E-state index is 6.92. The van der Waals surface area contributed by atoms with Crippen molar-refractivity contribution < 1.29 is 8.83 Å². The van der Waals surface area contributed by atoms with E-state index in [1.165, 1.54) is 149 Å². The van der Waals surface area contributed by atoms with Crippen LogP contribution in [0.2, 0.25) is 0 Å². The van der Waals surface area contributed by atoms with Gasteiger partial charge in [-0.1, -0.05) is 370 Å². The highest BCUT2D eigenvalue weighted by atomic mass is 16.3. The second kappa shape index (κ2) is 34.5. The van der Waals surface area contributed by atoms with Crippen molar-refractivity contribution in [1.29, 1.82) is 0 Å². The first kappa shape index (κ1) is 83.1. The summed E-state index contributed by atoms with van der Waals surface area (Å²) in [5.41, 5.74) is 42.9. The lowest BCUT2D eigenvalue weighted by Crippen LogP contribution is -1.95. The average molecular weight is 1830 g/mol. The molecule has 0 amide bonds. The van der Waals surface area contributed by atoms with Crippen molar-refractivity contribution in [3.8, 4) is 145 Å². The molecule has 0 radical (unpaired) electrons. The van der Waals surface area contributed by atoms with Gasteiger partial charge in [-0.2, -0.15) is 0 Å². The molecule has 0 atom stereocenters. The van der Waals surface area contributed by atoms with E-state index in [0.29, 0.717) is 0 Å². The first-order valence-corrected chi connectivity index (χ1v) is 49.4. The lowest BCUT2D eigenvalue weighted by Gasteiger charge is -2.13. The van der Waals surface area contributed by atoms with Gasteiger partial charge < -0.3 is 27.1 Å². The molecule has 0 fully saturated rings. The molecule has 0 aliphatic carbocycles. The maximum absolute atomic E-state index is 6.92. The molecule has 6 heteroatoms. The molecule has 0 saturated carbocycles. The third kappa shape index (κ3) is 14.3. The summed E-state index contributed by atoms with van der Waals surface area (Å²) in [5.74, 6) is 0. The Balaban J connectivity index is 0.000000141. The van der Waals surface area contributed by atoms with Crippen molar-refractivity contribution in [2.24, 2.45) is 0 Å². The van der Waals surface area contributed by atoms with Gasteiger partial charge in [-0.3, -0.25) is 0 Å². The molecule has 29 aromatic rings. The highest BCUT2D eigenvalue weighted by Gasteiger charge is 2.26. The second-order valence-corrected chi connectivity index (χ2v) is 37.7. The maximum Gasteiger partial charge on any atom is 0.143 e. The van der Waals surface area contributed by atoms with E-state index >= 15 is 0 Å². The zero-order valence-corrected chi connectivity index (χ0v) is 78.4. The number of benzene rings is 23. The van der Waals surface area contributed by atoms with Crippen LogP contribution in [0, 0.1) is 0 Å². The Labute approximate surface area is 831 Å². The third-order valence-corrected chi connectivity index (χ3v) is 29.4. The smallest absolute Gasteiger partial charge is 0.143 e. The third-order valence-electron chi connectivity index (χ3n) is 29.4. The fraction of sp³-hybridized carbons (Fsp3) is 0. The van der Waals surface area contributed by atoms with Crippen molar-refractivity contribution in [2.45, 2.75) is 0 Å². The summed E-state index contributed by atoms with van der Waals surface area (Å²) < 4.78 is 23.5. The minimum atomic E-state index is 0.864. The van der Waals surface area contributed by atoms with Gasteiger partial charge in [0.15, 0.2) is 0 Å². The fourth-order valence-electron chi connectivity index (χ4n) is 22.4. The van der Waals surface area contributed by atoms with E-state index in [0.717, 1.165) is 128 Å². The summed E-state index contributed by atoms with van der Waals surface area (Å²) >= 11 is 0. The van der Waals surface area contributed by atoms with Crippen LogP contribution in [0.4, 0.5) is 0 Å². The summed E-state index contributed by atoms with van der Waals surface area (Å²) in [5, 5.41) is 14.1. The van der Waals surface area contributed by atoms with Gasteiger partial charge >= 0.3 is 0 Å². The van der Waals surface area contributed by atoms with E-state index < -0.39 is 0 Å². The number of hydrogen-bond donors (Lipinski definition) is 0. The molecule has 0 aliphatic rings. The molecular formula is C138H88N4O2. The molecule has 23 aromatic carbocycles. The van der Waals surface area contributed by atoms with Gasteiger partial charge in [0.25, 0.3) is 0 Å². The summed E-state index contributed by atoms with van der Waals surface area (Å²) in [4.78, 5) is 0. The lowest BCUT2D eigenvalue weighted by atomic mass is 9.97. The Hall–Kier alpha value is -19.1. The average Bonchev–Trinajstić information content (AvgIpc) is 1.57. The quantitative estimate of drug-likeness (QED) is 0.103. The number of hydrogen-bond acceptors (Lipinski definition) is 2.